The van der Waals surface area contributed by atoms with Gasteiger partial charge in [-0.15, -0.1) is 13.2 Å². The molecular weight excluding hydrogens is 567 g/mol. The Kier molecular flexibility index (Phi) is 8.61. The third-order valence-corrected chi connectivity index (χ3v) is 7.99. The number of hydrogen-bond donors (Lipinski definition) is 1. The average Bonchev–Trinajstić information content (AvgIpc) is 3.28. The average molecular weight is 598 g/mol. The molecule has 0 radical (unpaired) electrons. The molecule has 10 heteroatoms. The number of fused-ring (bicyclic) bond motifs is 1. The summed E-state index contributed by atoms with van der Waals surface area (Å²) in [7, 11) is 0. The van der Waals surface area contributed by atoms with Crippen molar-refractivity contribution in [1.82, 2.24) is 14.5 Å². The number of allylic oxidation sites excluding steroid dienone is 1. The van der Waals surface area contributed by atoms with E-state index in [1.165, 1.54) is 24.3 Å². The second kappa shape index (κ2) is 12.2. The van der Waals surface area contributed by atoms with Gasteiger partial charge in [-0.05, 0) is 71.9 Å². The summed E-state index contributed by atoms with van der Waals surface area (Å²) >= 11 is 6.67. The zero-order valence-corrected chi connectivity index (χ0v) is 23.9. The number of nitrogens with one attached hydrogen (secondary N) is 1. The van der Waals surface area contributed by atoms with Crippen LogP contribution in [0.1, 0.15) is 52.9 Å². The normalized spacial score (nSPS) is 14.8. The van der Waals surface area contributed by atoms with Crippen molar-refractivity contribution in [2.24, 2.45) is 0 Å². The lowest BCUT2D eigenvalue weighted by atomic mass is 9.92. The molecule has 6 nitrogen and oxygen atoms in total. The Morgan fingerprint density at radius 3 is 2.43 bits per heavy atom. The van der Waals surface area contributed by atoms with Crippen molar-refractivity contribution < 1.29 is 22.7 Å². The molecule has 2 heterocycles. The molecule has 4 aromatic rings. The van der Waals surface area contributed by atoms with Crippen LogP contribution in [-0.4, -0.2) is 39.7 Å². The molecule has 0 unspecified atom stereocenters. The molecule has 3 aromatic carbocycles. The van der Waals surface area contributed by atoms with Crippen molar-refractivity contribution in [2.45, 2.75) is 51.6 Å². The van der Waals surface area contributed by atoms with Gasteiger partial charge in [-0.1, -0.05) is 55.4 Å². The lowest BCUT2D eigenvalue weighted by Gasteiger charge is -2.32. The summed E-state index contributed by atoms with van der Waals surface area (Å²) in [5.74, 6) is -0.616. The summed E-state index contributed by atoms with van der Waals surface area (Å²) in [5, 5.41) is 0.352. The zero-order valence-electron chi connectivity index (χ0n) is 23.1. The molecule has 1 aromatic heterocycles. The van der Waals surface area contributed by atoms with Gasteiger partial charge >= 0.3 is 12.1 Å². The number of aromatic nitrogens is 2. The summed E-state index contributed by atoms with van der Waals surface area (Å²) in [6.07, 6.45) is -2.32. The van der Waals surface area contributed by atoms with Crippen LogP contribution >= 0.6 is 11.6 Å². The standard InChI is InChI=1S/C32H31ClF3N3O3/c1-3-23-17-22(19-38-14-12-24(13-15-38)39-28-7-5-4-6-27(28)37-31(39)41)18-26(33)29(23)30(40)20(2)16-21-8-10-25(11-9-21)42-32(34,35)36/h4-11,17-18,24H,2-3,12-16,19H2,1H3,(H,37,41). The fraction of sp³-hybridized carbons (Fsp3) is 0.312. The maximum Gasteiger partial charge on any atom is 0.573 e. The van der Waals surface area contributed by atoms with Crippen molar-refractivity contribution in [1.29, 1.82) is 0 Å². The van der Waals surface area contributed by atoms with Crippen LogP contribution < -0.4 is 10.4 Å². The number of likely N-dealkylation sites (tertiary alicyclic amines) is 1. The number of ketones is 1. The number of halogens is 4. The third kappa shape index (κ3) is 6.63. The van der Waals surface area contributed by atoms with Crippen LogP contribution in [-0.2, 0) is 19.4 Å². The number of benzene rings is 3. The summed E-state index contributed by atoms with van der Waals surface area (Å²) in [5.41, 5.74) is 4.84. The van der Waals surface area contributed by atoms with E-state index in [-0.39, 0.29) is 29.7 Å². The van der Waals surface area contributed by atoms with Crippen molar-refractivity contribution in [2.75, 3.05) is 13.1 Å². The number of para-hydroxylation sites is 2. The van der Waals surface area contributed by atoms with Gasteiger partial charge < -0.3 is 9.72 Å². The Hall–Kier alpha value is -3.82. The number of Topliss-reactive ketones (excluding diaryl/α,β-unsaturated/α-hetero) is 1. The molecule has 1 aliphatic heterocycles. The highest BCUT2D eigenvalue weighted by molar-refractivity contribution is 6.35. The van der Waals surface area contributed by atoms with E-state index in [1.807, 2.05) is 47.9 Å². The van der Waals surface area contributed by atoms with E-state index < -0.39 is 6.36 Å². The van der Waals surface area contributed by atoms with E-state index in [9.17, 15) is 22.8 Å². The predicted octanol–water partition coefficient (Wildman–Crippen LogP) is 7.26. The molecule has 220 valence electrons. The molecule has 5 rings (SSSR count). The zero-order chi connectivity index (χ0) is 30.0. The molecule has 1 N–H and O–H groups in total. The smallest absolute Gasteiger partial charge is 0.406 e. The fourth-order valence-corrected chi connectivity index (χ4v) is 6.04. The van der Waals surface area contributed by atoms with Gasteiger partial charge in [0.1, 0.15) is 5.75 Å². The predicted molar refractivity (Wildman–Crippen MR) is 157 cm³/mol. The Morgan fingerprint density at radius 1 is 1.07 bits per heavy atom. The Balaban J connectivity index is 1.23. The topological polar surface area (TPSA) is 67.3 Å². The van der Waals surface area contributed by atoms with E-state index in [2.05, 4.69) is 21.2 Å². The van der Waals surface area contributed by atoms with Gasteiger partial charge in [0.05, 0.1) is 16.1 Å². The summed E-state index contributed by atoms with van der Waals surface area (Å²) < 4.78 is 43.1. The van der Waals surface area contributed by atoms with Crippen molar-refractivity contribution >= 4 is 28.4 Å². The van der Waals surface area contributed by atoms with Crippen LogP contribution in [0.3, 0.4) is 0 Å². The van der Waals surface area contributed by atoms with Crippen molar-refractivity contribution in [3.05, 3.63) is 111 Å². The largest absolute Gasteiger partial charge is 0.573 e. The first-order valence-corrected chi connectivity index (χ1v) is 14.2. The first-order valence-electron chi connectivity index (χ1n) is 13.8. The molecule has 0 amide bonds. The van der Waals surface area contributed by atoms with E-state index in [0.29, 0.717) is 34.7 Å². The minimum atomic E-state index is -4.77. The number of hydrogen-bond acceptors (Lipinski definition) is 4. The van der Waals surface area contributed by atoms with Gasteiger partial charge in [0.25, 0.3) is 0 Å². The Morgan fingerprint density at radius 2 is 1.76 bits per heavy atom. The van der Waals surface area contributed by atoms with Crippen LogP contribution in [0.4, 0.5) is 13.2 Å². The Bertz CT molecular complexity index is 1670. The molecular formula is C32H31ClF3N3O3. The van der Waals surface area contributed by atoms with Crippen molar-refractivity contribution in [3.8, 4) is 5.75 Å². The van der Waals surface area contributed by atoms with Crippen molar-refractivity contribution in [3.63, 3.8) is 0 Å². The summed E-state index contributed by atoms with van der Waals surface area (Å²) in [6, 6.07) is 17.0. The number of alkyl halides is 3. The molecule has 1 aliphatic rings. The quantitative estimate of drug-likeness (QED) is 0.163. The maximum atomic E-state index is 13.4. The molecule has 0 bridgehead atoms. The van der Waals surface area contributed by atoms with Crippen LogP contribution in [0, 0.1) is 0 Å². The number of ether oxygens (including phenoxy) is 1. The monoisotopic (exact) mass is 597 g/mol. The first kappa shape index (κ1) is 29.7. The van der Waals surface area contributed by atoms with Crippen LogP contribution in [0.5, 0.6) is 5.75 Å². The highest BCUT2D eigenvalue weighted by Gasteiger charge is 2.31. The summed E-state index contributed by atoms with van der Waals surface area (Å²) in [4.78, 5) is 31.3. The van der Waals surface area contributed by atoms with E-state index in [0.717, 1.165) is 48.1 Å². The van der Waals surface area contributed by atoms with Gasteiger partial charge in [-0.2, -0.15) is 0 Å². The van der Waals surface area contributed by atoms with Crippen LogP contribution in [0.25, 0.3) is 11.0 Å². The minimum Gasteiger partial charge on any atom is -0.406 e. The molecule has 1 saturated heterocycles. The number of aromatic amines is 1. The maximum absolute atomic E-state index is 13.4. The van der Waals surface area contributed by atoms with Gasteiger partial charge in [0.2, 0.25) is 0 Å². The van der Waals surface area contributed by atoms with E-state index >= 15 is 0 Å². The third-order valence-electron chi connectivity index (χ3n) is 7.69. The van der Waals surface area contributed by atoms with Crippen LogP contribution in [0.15, 0.2) is 77.6 Å². The molecule has 0 spiro atoms. The van der Waals surface area contributed by atoms with Crippen LogP contribution in [0.2, 0.25) is 5.02 Å². The minimum absolute atomic E-state index is 0.0802. The van der Waals surface area contributed by atoms with E-state index in [4.69, 9.17) is 11.6 Å². The Labute approximate surface area is 246 Å². The fourth-order valence-electron chi connectivity index (χ4n) is 5.69. The second-order valence-corrected chi connectivity index (χ2v) is 11.0. The van der Waals surface area contributed by atoms with E-state index in [1.54, 1.807) is 0 Å². The highest BCUT2D eigenvalue weighted by Crippen LogP contribution is 2.30. The number of rotatable bonds is 9. The lowest BCUT2D eigenvalue weighted by molar-refractivity contribution is -0.274. The molecule has 0 saturated carbocycles. The first-order chi connectivity index (χ1) is 20.0. The SMILES string of the molecule is C=C(Cc1ccc(OC(F)(F)F)cc1)C(=O)c1c(Cl)cc(CN2CCC(n3c(=O)[nH]c4ccccc43)CC2)cc1CC. The number of aryl methyl sites for hydroxylation is 1. The summed E-state index contributed by atoms with van der Waals surface area (Å²) in [6.45, 7) is 8.21. The van der Waals surface area contributed by atoms with Gasteiger partial charge in [0.15, 0.2) is 5.78 Å². The number of H-pyrrole nitrogens is 1. The number of nitrogens with zero attached hydrogens (tertiary/aromatic N) is 2. The lowest BCUT2D eigenvalue weighted by Crippen LogP contribution is -2.36. The molecule has 42 heavy (non-hydrogen) atoms. The van der Waals surface area contributed by atoms with Gasteiger partial charge in [-0.3, -0.25) is 14.3 Å². The van der Waals surface area contributed by atoms with Gasteiger partial charge in [0, 0.05) is 37.7 Å². The molecule has 1 fully saturated rings. The number of piperidine rings is 1. The molecule has 0 atom stereocenters. The number of carbonyl (C=O) groups excluding carboxylic acids is 1. The second-order valence-electron chi connectivity index (χ2n) is 10.6. The molecule has 0 aliphatic carbocycles. The highest BCUT2D eigenvalue weighted by atomic mass is 35.5. The van der Waals surface area contributed by atoms with Gasteiger partial charge in [-0.25, -0.2) is 4.79 Å². The number of carbonyl (C=O) groups is 1. The number of imidazole rings is 1.